The minimum atomic E-state index is -4.01. The lowest BCUT2D eigenvalue weighted by Gasteiger charge is -2.21. The van der Waals surface area contributed by atoms with Crippen LogP contribution in [0, 0.1) is 5.41 Å². The van der Waals surface area contributed by atoms with Crippen LogP contribution in [0.5, 0.6) is 0 Å². The summed E-state index contributed by atoms with van der Waals surface area (Å²) in [5.41, 5.74) is 0.00849. The summed E-state index contributed by atoms with van der Waals surface area (Å²) in [6, 6.07) is 2.52. The van der Waals surface area contributed by atoms with Gasteiger partial charge in [0, 0.05) is 13.1 Å². The molecule has 0 unspecified atom stereocenters. The molecular formula is C13H16Cl2N2O3S. The highest BCUT2D eigenvalue weighted by Crippen LogP contribution is 2.35. The van der Waals surface area contributed by atoms with Crippen LogP contribution in [0.25, 0.3) is 0 Å². The van der Waals surface area contributed by atoms with Gasteiger partial charge >= 0.3 is 0 Å². The maximum absolute atomic E-state index is 12.6. The first-order valence-electron chi connectivity index (χ1n) is 6.33. The average molecular weight is 351 g/mol. The average Bonchev–Trinajstić information content (AvgIpc) is 2.67. The third kappa shape index (κ3) is 3.34. The van der Waals surface area contributed by atoms with Crippen molar-refractivity contribution < 1.29 is 13.2 Å². The topological polar surface area (TPSA) is 80.5 Å². The van der Waals surface area contributed by atoms with Crippen molar-refractivity contribution >= 4 is 39.1 Å². The molecule has 116 valence electrons. The molecule has 1 aromatic rings. The van der Waals surface area contributed by atoms with E-state index < -0.39 is 10.0 Å². The van der Waals surface area contributed by atoms with Gasteiger partial charge in [-0.25, -0.2) is 13.6 Å². The number of amides is 1. The second kappa shape index (κ2) is 5.43. The number of rotatable bonds is 2. The first-order valence-corrected chi connectivity index (χ1v) is 8.63. The number of halogens is 2. The first kappa shape index (κ1) is 16.5. The molecule has 1 fully saturated rings. The highest BCUT2D eigenvalue weighted by molar-refractivity contribution is 7.89. The molecule has 1 aromatic carbocycles. The van der Waals surface area contributed by atoms with Gasteiger partial charge in [-0.05, 0) is 24.0 Å². The van der Waals surface area contributed by atoms with Crippen molar-refractivity contribution in [1.82, 2.24) is 4.90 Å². The summed E-state index contributed by atoms with van der Waals surface area (Å²) in [5, 5.41) is 4.98. The predicted molar refractivity (Wildman–Crippen MR) is 82.1 cm³/mol. The standard InChI is InChI=1S/C13H16Cl2N2O3S/c1-13(2)5-6-17(7-13)12(18)10-8(14)3-4-9(11(10)15)21(16,19)20/h3-4H,5-7H2,1-2H3,(H2,16,19,20). The Hall–Kier alpha value is -0.820. The molecule has 21 heavy (non-hydrogen) atoms. The first-order chi connectivity index (χ1) is 9.53. The number of nitrogens with two attached hydrogens (primary N) is 1. The maximum atomic E-state index is 12.6. The second-order valence-corrected chi connectivity index (χ2v) is 8.24. The monoisotopic (exact) mass is 350 g/mol. The SMILES string of the molecule is CC1(C)CCN(C(=O)c2c(Cl)ccc(S(N)(=O)=O)c2Cl)C1. The van der Waals surface area contributed by atoms with Gasteiger partial charge in [-0.15, -0.1) is 0 Å². The number of nitrogens with zero attached hydrogens (tertiary/aromatic N) is 1. The van der Waals surface area contributed by atoms with Crippen molar-refractivity contribution in [2.45, 2.75) is 25.2 Å². The molecule has 1 saturated heterocycles. The molecule has 0 atom stereocenters. The molecule has 1 amide bonds. The van der Waals surface area contributed by atoms with Crippen LogP contribution < -0.4 is 5.14 Å². The Morgan fingerprint density at radius 2 is 1.95 bits per heavy atom. The Kier molecular flexibility index (Phi) is 4.28. The Labute approximate surface area is 134 Å². The summed E-state index contributed by atoms with van der Waals surface area (Å²) in [6.45, 7) is 5.27. The van der Waals surface area contributed by atoms with Crippen molar-refractivity contribution in [1.29, 1.82) is 0 Å². The van der Waals surface area contributed by atoms with Crippen molar-refractivity contribution in [3.05, 3.63) is 27.7 Å². The summed E-state index contributed by atoms with van der Waals surface area (Å²) in [4.78, 5) is 13.9. The zero-order chi connectivity index (χ0) is 16.0. The summed E-state index contributed by atoms with van der Waals surface area (Å²) < 4.78 is 23.0. The minimum Gasteiger partial charge on any atom is -0.338 e. The molecule has 0 spiro atoms. The van der Waals surface area contributed by atoms with Crippen LogP contribution in [0.15, 0.2) is 17.0 Å². The third-order valence-electron chi connectivity index (χ3n) is 3.54. The molecular weight excluding hydrogens is 335 g/mol. The number of benzene rings is 1. The van der Waals surface area contributed by atoms with Crippen molar-refractivity contribution in [3.8, 4) is 0 Å². The van der Waals surface area contributed by atoms with E-state index in [1.165, 1.54) is 12.1 Å². The van der Waals surface area contributed by atoms with Crippen LogP contribution in [-0.2, 0) is 10.0 Å². The number of hydrogen-bond donors (Lipinski definition) is 1. The molecule has 1 heterocycles. The van der Waals surface area contributed by atoms with E-state index >= 15 is 0 Å². The molecule has 0 aliphatic carbocycles. The number of sulfonamides is 1. The van der Waals surface area contributed by atoms with Crippen LogP contribution >= 0.6 is 23.2 Å². The van der Waals surface area contributed by atoms with Gasteiger partial charge in [-0.1, -0.05) is 37.0 Å². The van der Waals surface area contributed by atoms with Crippen LogP contribution in [0.1, 0.15) is 30.6 Å². The predicted octanol–water partition coefficient (Wildman–Crippen LogP) is 2.51. The Morgan fingerprint density at radius 3 is 2.43 bits per heavy atom. The molecule has 0 saturated carbocycles. The molecule has 0 radical (unpaired) electrons. The number of hydrogen-bond acceptors (Lipinski definition) is 3. The van der Waals surface area contributed by atoms with Gasteiger partial charge in [0.2, 0.25) is 10.0 Å². The lowest BCUT2D eigenvalue weighted by molar-refractivity contribution is 0.0778. The lowest BCUT2D eigenvalue weighted by atomic mass is 9.93. The molecule has 5 nitrogen and oxygen atoms in total. The number of carbonyl (C=O) groups is 1. The van der Waals surface area contributed by atoms with Gasteiger partial charge in [-0.3, -0.25) is 4.79 Å². The van der Waals surface area contributed by atoms with E-state index in [9.17, 15) is 13.2 Å². The number of likely N-dealkylation sites (tertiary alicyclic amines) is 1. The fourth-order valence-corrected chi connectivity index (χ4v) is 3.86. The number of carbonyl (C=O) groups excluding carboxylic acids is 1. The highest BCUT2D eigenvalue weighted by Gasteiger charge is 2.34. The highest BCUT2D eigenvalue weighted by atomic mass is 35.5. The van der Waals surface area contributed by atoms with E-state index in [0.717, 1.165) is 6.42 Å². The van der Waals surface area contributed by atoms with Crippen molar-refractivity contribution in [3.63, 3.8) is 0 Å². The zero-order valence-electron chi connectivity index (χ0n) is 11.7. The molecule has 2 rings (SSSR count). The summed E-state index contributed by atoms with van der Waals surface area (Å²) in [6.07, 6.45) is 0.864. The normalized spacial score (nSPS) is 18.0. The second-order valence-electron chi connectivity index (χ2n) is 5.92. The third-order valence-corrected chi connectivity index (χ3v) is 5.31. The zero-order valence-corrected chi connectivity index (χ0v) is 14.0. The Morgan fingerprint density at radius 1 is 1.33 bits per heavy atom. The van der Waals surface area contributed by atoms with Crippen LogP contribution in [0.3, 0.4) is 0 Å². The largest absolute Gasteiger partial charge is 0.338 e. The smallest absolute Gasteiger partial charge is 0.256 e. The van der Waals surface area contributed by atoms with Crippen LogP contribution in [-0.4, -0.2) is 32.3 Å². The van der Waals surface area contributed by atoms with E-state index in [1.54, 1.807) is 4.90 Å². The van der Waals surface area contributed by atoms with Gasteiger partial charge in [0.05, 0.1) is 15.6 Å². The van der Waals surface area contributed by atoms with Gasteiger partial charge in [-0.2, -0.15) is 0 Å². The van der Waals surface area contributed by atoms with E-state index in [4.69, 9.17) is 28.3 Å². The molecule has 1 aliphatic heterocycles. The van der Waals surface area contributed by atoms with Gasteiger partial charge in [0.1, 0.15) is 4.90 Å². The van der Waals surface area contributed by atoms with Crippen LogP contribution in [0.4, 0.5) is 0 Å². The molecule has 1 aliphatic rings. The van der Waals surface area contributed by atoms with Gasteiger partial charge < -0.3 is 4.90 Å². The molecule has 8 heteroatoms. The quantitative estimate of drug-likeness (QED) is 0.889. The van der Waals surface area contributed by atoms with E-state index in [1.807, 2.05) is 0 Å². The lowest BCUT2D eigenvalue weighted by Crippen LogP contribution is -2.31. The summed E-state index contributed by atoms with van der Waals surface area (Å²) in [5.74, 6) is -0.374. The Bertz CT molecular complexity index is 702. The van der Waals surface area contributed by atoms with E-state index in [-0.39, 0.29) is 31.8 Å². The molecule has 0 aromatic heterocycles. The van der Waals surface area contributed by atoms with Crippen molar-refractivity contribution in [2.24, 2.45) is 10.6 Å². The van der Waals surface area contributed by atoms with E-state index in [2.05, 4.69) is 13.8 Å². The maximum Gasteiger partial charge on any atom is 0.256 e. The molecule has 2 N–H and O–H groups in total. The fourth-order valence-electron chi connectivity index (χ4n) is 2.39. The number of primary sulfonamides is 1. The summed E-state index contributed by atoms with van der Waals surface area (Å²) in [7, 11) is -4.01. The Balaban J connectivity index is 2.47. The van der Waals surface area contributed by atoms with Crippen molar-refractivity contribution in [2.75, 3.05) is 13.1 Å². The fraction of sp³-hybridized carbons (Fsp3) is 0.462. The summed E-state index contributed by atoms with van der Waals surface area (Å²) >= 11 is 12.1. The van der Waals surface area contributed by atoms with Crippen LogP contribution in [0.2, 0.25) is 10.0 Å². The molecule has 0 bridgehead atoms. The van der Waals surface area contributed by atoms with Gasteiger partial charge in [0.25, 0.3) is 5.91 Å². The van der Waals surface area contributed by atoms with Gasteiger partial charge in [0.15, 0.2) is 0 Å². The van der Waals surface area contributed by atoms with E-state index in [0.29, 0.717) is 13.1 Å². The minimum absolute atomic E-state index is 0.0115.